The molecule has 2 aliphatic rings. The maximum atomic E-state index is 10.1. The molecule has 0 aliphatic carbocycles. The Hall–Kier alpha value is -1.14. The fraction of sp³-hybridized carbons (Fsp3) is 0.750. The third-order valence-electron chi connectivity index (χ3n) is 1.46. The fourth-order valence-corrected chi connectivity index (χ4v) is 0.826. The molecule has 0 aromatic heterocycles. The third kappa shape index (κ3) is 4.20. The van der Waals surface area contributed by atoms with Crippen LogP contribution in [0.25, 0.3) is 0 Å². The van der Waals surface area contributed by atoms with Crippen LogP contribution in [0.4, 0.5) is 0 Å². The molecule has 14 heavy (non-hydrogen) atoms. The Labute approximate surface area is 81.1 Å². The van der Waals surface area contributed by atoms with Gasteiger partial charge in [0.1, 0.15) is 13.2 Å². The van der Waals surface area contributed by atoms with Crippen LogP contribution in [0.5, 0.6) is 0 Å². The van der Waals surface area contributed by atoms with Gasteiger partial charge in [-0.3, -0.25) is 0 Å². The molecule has 2 fully saturated rings. The van der Waals surface area contributed by atoms with Crippen LogP contribution >= 0.6 is 0 Å². The molecule has 0 N–H and O–H groups in total. The second-order valence-electron chi connectivity index (χ2n) is 2.50. The van der Waals surface area contributed by atoms with Crippen LogP contribution in [0, 0.1) is 0 Å². The molecular weight excluding hydrogens is 192 g/mol. The van der Waals surface area contributed by atoms with Gasteiger partial charge in [0, 0.05) is 0 Å². The van der Waals surface area contributed by atoms with Gasteiger partial charge in [0.25, 0.3) is 0 Å². The van der Waals surface area contributed by atoms with Crippen molar-refractivity contribution in [3.8, 4) is 0 Å². The topological polar surface area (TPSA) is 71.1 Å². The lowest BCUT2D eigenvalue weighted by molar-refractivity contribution is -0.177. The monoisotopic (exact) mass is 204 g/mol. The molecule has 80 valence electrons. The standard InChI is InChI=1S/C4H4O4.C4H8O2/c5-3-4(6)8-2-1-7-3;1-2-6-4-3-5-1/h1-2H2;1-4H2. The van der Waals surface area contributed by atoms with Crippen LogP contribution in [-0.2, 0) is 28.5 Å². The van der Waals surface area contributed by atoms with E-state index in [1.54, 1.807) is 0 Å². The molecule has 0 aromatic rings. The summed E-state index contributed by atoms with van der Waals surface area (Å²) >= 11 is 0. The molecule has 2 heterocycles. The third-order valence-corrected chi connectivity index (χ3v) is 1.46. The highest BCUT2D eigenvalue weighted by molar-refractivity contribution is 6.30. The van der Waals surface area contributed by atoms with Crippen LogP contribution in [-0.4, -0.2) is 51.6 Å². The number of cyclic esters (lactones) is 2. The summed E-state index contributed by atoms with van der Waals surface area (Å²) in [6, 6.07) is 0. The number of ether oxygens (including phenoxy) is 4. The minimum atomic E-state index is -0.892. The minimum absolute atomic E-state index is 0.185. The van der Waals surface area contributed by atoms with Crippen LogP contribution in [0.15, 0.2) is 0 Å². The predicted octanol–water partition coefficient (Wildman–Crippen LogP) is -0.880. The van der Waals surface area contributed by atoms with Gasteiger partial charge in [-0.2, -0.15) is 0 Å². The molecule has 0 unspecified atom stereocenters. The van der Waals surface area contributed by atoms with Crippen LogP contribution in [0.2, 0.25) is 0 Å². The van der Waals surface area contributed by atoms with Gasteiger partial charge in [-0.1, -0.05) is 0 Å². The smallest absolute Gasteiger partial charge is 0.417 e. The average molecular weight is 204 g/mol. The van der Waals surface area contributed by atoms with Crippen molar-refractivity contribution in [1.82, 2.24) is 0 Å². The van der Waals surface area contributed by atoms with E-state index >= 15 is 0 Å². The summed E-state index contributed by atoms with van der Waals surface area (Å²) in [7, 11) is 0. The van der Waals surface area contributed by atoms with Gasteiger partial charge < -0.3 is 18.9 Å². The molecule has 0 spiro atoms. The molecule has 0 aromatic carbocycles. The van der Waals surface area contributed by atoms with E-state index in [1.165, 1.54) is 0 Å². The number of carbonyl (C=O) groups excluding carboxylic acids is 2. The lowest BCUT2D eigenvalue weighted by Gasteiger charge is -2.09. The van der Waals surface area contributed by atoms with E-state index in [1.807, 2.05) is 0 Å². The number of hydrogen-bond donors (Lipinski definition) is 0. The van der Waals surface area contributed by atoms with E-state index in [9.17, 15) is 9.59 Å². The van der Waals surface area contributed by atoms with Gasteiger partial charge in [-0.05, 0) is 0 Å². The van der Waals surface area contributed by atoms with Crippen molar-refractivity contribution in [1.29, 1.82) is 0 Å². The van der Waals surface area contributed by atoms with Crippen LogP contribution in [0.1, 0.15) is 0 Å². The zero-order chi connectivity index (χ0) is 10.2. The Bertz CT molecular complexity index is 170. The van der Waals surface area contributed by atoms with E-state index in [-0.39, 0.29) is 13.2 Å². The van der Waals surface area contributed by atoms with Gasteiger partial charge in [0.2, 0.25) is 0 Å². The van der Waals surface area contributed by atoms with Crippen LogP contribution < -0.4 is 0 Å². The number of rotatable bonds is 0. The van der Waals surface area contributed by atoms with Crippen molar-refractivity contribution < 1.29 is 28.5 Å². The normalized spacial score (nSPS) is 21.4. The molecule has 0 radical (unpaired) electrons. The molecule has 0 bridgehead atoms. The van der Waals surface area contributed by atoms with Gasteiger partial charge in [0.15, 0.2) is 0 Å². The molecule has 0 amide bonds. The van der Waals surface area contributed by atoms with Crippen molar-refractivity contribution >= 4 is 11.9 Å². The van der Waals surface area contributed by atoms with E-state index in [4.69, 9.17) is 9.47 Å². The van der Waals surface area contributed by atoms with Crippen molar-refractivity contribution in [2.75, 3.05) is 39.6 Å². The quantitative estimate of drug-likeness (QED) is 0.377. The maximum absolute atomic E-state index is 10.1. The zero-order valence-corrected chi connectivity index (χ0v) is 7.69. The van der Waals surface area contributed by atoms with Gasteiger partial charge >= 0.3 is 11.9 Å². The molecule has 2 saturated heterocycles. The van der Waals surface area contributed by atoms with Gasteiger partial charge in [0.05, 0.1) is 26.4 Å². The summed E-state index contributed by atoms with van der Waals surface area (Å²) in [5, 5.41) is 0. The van der Waals surface area contributed by atoms with E-state index in [0.717, 1.165) is 26.4 Å². The highest BCUT2D eigenvalue weighted by Gasteiger charge is 2.21. The number of carbonyl (C=O) groups is 2. The molecule has 6 nitrogen and oxygen atoms in total. The Morgan fingerprint density at radius 3 is 1.21 bits per heavy atom. The summed E-state index contributed by atoms with van der Waals surface area (Å²) in [5.41, 5.74) is 0. The Kier molecular flexibility index (Phi) is 4.95. The SMILES string of the molecule is C1COCCO1.O=C1OCCOC1=O. The van der Waals surface area contributed by atoms with Crippen molar-refractivity contribution in [3.63, 3.8) is 0 Å². The lowest BCUT2D eigenvalue weighted by atomic mass is 10.6. The van der Waals surface area contributed by atoms with Gasteiger partial charge in [-0.15, -0.1) is 0 Å². The molecule has 0 atom stereocenters. The highest BCUT2D eigenvalue weighted by Crippen LogP contribution is 1.91. The van der Waals surface area contributed by atoms with Crippen LogP contribution in [0.3, 0.4) is 0 Å². The average Bonchev–Trinajstić information content (AvgIpc) is 2.26. The van der Waals surface area contributed by atoms with Crippen molar-refractivity contribution in [2.45, 2.75) is 0 Å². The molecule has 0 saturated carbocycles. The maximum Gasteiger partial charge on any atom is 0.417 e. The minimum Gasteiger partial charge on any atom is -0.454 e. The molecular formula is C8H12O6. The highest BCUT2D eigenvalue weighted by atomic mass is 16.6. The first kappa shape index (κ1) is 10.9. The first-order valence-corrected chi connectivity index (χ1v) is 4.30. The fourth-order valence-electron chi connectivity index (χ4n) is 0.826. The van der Waals surface area contributed by atoms with E-state index < -0.39 is 11.9 Å². The summed E-state index contributed by atoms with van der Waals surface area (Å²) < 4.78 is 18.4. The summed E-state index contributed by atoms with van der Waals surface area (Å²) in [6.07, 6.45) is 0. The van der Waals surface area contributed by atoms with E-state index in [2.05, 4.69) is 9.47 Å². The van der Waals surface area contributed by atoms with E-state index in [0.29, 0.717) is 0 Å². The summed E-state index contributed by atoms with van der Waals surface area (Å²) in [5.74, 6) is -1.78. The second-order valence-corrected chi connectivity index (χ2v) is 2.50. The predicted molar refractivity (Wildman–Crippen MR) is 43.6 cm³/mol. The molecule has 2 rings (SSSR count). The second kappa shape index (κ2) is 6.33. The Morgan fingerprint density at radius 2 is 1.00 bits per heavy atom. The van der Waals surface area contributed by atoms with Gasteiger partial charge in [-0.25, -0.2) is 9.59 Å². The number of esters is 2. The summed E-state index contributed by atoms with van der Waals surface area (Å²) in [4.78, 5) is 20.2. The first-order valence-electron chi connectivity index (χ1n) is 4.30. The lowest BCUT2D eigenvalue weighted by Crippen LogP contribution is -2.28. The zero-order valence-electron chi connectivity index (χ0n) is 7.69. The Balaban J connectivity index is 0.000000146. The summed E-state index contributed by atoms with van der Waals surface area (Å²) in [6.45, 7) is 3.48. The molecule has 6 heteroatoms. The number of hydrogen-bond acceptors (Lipinski definition) is 6. The van der Waals surface area contributed by atoms with Crippen molar-refractivity contribution in [2.24, 2.45) is 0 Å². The molecule has 2 aliphatic heterocycles. The van der Waals surface area contributed by atoms with Crippen molar-refractivity contribution in [3.05, 3.63) is 0 Å². The largest absolute Gasteiger partial charge is 0.454 e. The first-order chi connectivity index (χ1) is 6.80. The Morgan fingerprint density at radius 1 is 0.643 bits per heavy atom.